The van der Waals surface area contributed by atoms with Gasteiger partial charge in [-0.25, -0.2) is 4.98 Å². The highest BCUT2D eigenvalue weighted by Gasteiger charge is 2.08. The van der Waals surface area contributed by atoms with Crippen molar-refractivity contribution in [1.82, 2.24) is 10.3 Å². The van der Waals surface area contributed by atoms with Crippen LogP contribution in [0.1, 0.15) is 21.6 Å². The van der Waals surface area contributed by atoms with Gasteiger partial charge in [-0.1, -0.05) is 35.9 Å². The third-order valence-electron chi connectivity index (χ3n) is 4.14. The molecule has 2 aromatic carbocycles. The zero-order valence-corrected chi connectivity index (χ0v) is 16.1. The van der Waals surface area contributed by atoms with Gasteiger partial charge < -0.3 is 10.2 Å². The second-order valence-electron chi connectivity index (χ2n) is 6.46. The molecule has 0 spiro atoms. The molecule has 4 nitrogen and oxygen atoms in total. The van der Waals surface area contributed by atoms with Crippen LogP contribution in [0.2, 0.25) is 0 Å². The van der Waals surface area contributed by atoms with Gasteiger partial charge in [0.05, 0.1) is 5.69 Å². The van der Waals surface area contributed by atoms with Crippen LogP contribution in [0.15, 0.2) is 53.9 Å². The number of benzene rings is 2. The molecular formula is C21H23N3OS. The van der Waals surface area contributed by atoms with Gasteiger partial charge in [-0.05, 0) is 25.1 Å². The van der Waals surface area contributed by atoms with Crippen molar-refractivity contribution in [2.24, 2.45) is 0 Å². The average molecular weight is 366 g/mol. The Morgan fingerprint density at radius 1 is 1.15 bits per heavy atom. The van der Waals surface area contributed by atoms with Crippen LogP contribution in [-0.2, 0) is 6.42 Å². The van der Waals surface area contributed by atoms with Gasteiger partial charge in [-0.15, -0.1) is 11.3 Å². The summed E-state index contributed by atoms with van der Waals surface area (Å²) < 4.78 is 0. The van der Waals surface area contributed by atoms with E-state index >= 15 is 0 Å². The highest BCUT2D eigenvalue weighted by Crippen LogP contribution is 2.24. The number of thiazole rings is 1. The van der Waals surface area contributed by atoms with Gasteiger partial charge in [-0.3, -0.25) is 4.79 Å². The topological polar surface area (TPSA) is 45.2 Å². The third-order valence-corrected chi connectivity index (χ3v) is 5.08. The lowest BCUT2D eigenvalue weighted by Gasteiger charge is -2.13. The summed E-state index contributed by atoms with van der Waals surface area (Å²) >= 11 is 1.64. The molecule has 0 fully saturated rings. The van der Waals surface area contributed by atoms with E-state index in [1.54, 1.807) is 11.3 Å². The molecule has 1 heterocycles. The summed E-state index contributed by atoms with van der Waals surface area (Å²) in [5.74, 6) is -0.0531. The molecule has 0 aliphatic heterocycles. The standard InChI is InChI=1S/C21H23N3OS/c1-15-7-9-16(10-8-15)21-23-18(14-26-21)11-12-22-20(25)17-5-4-6-19(13-17)24(2)3/h4-10,13-14H,11-12H2,1-3H3,(H,22,25). The van der Waals surface area contributed by atoms with E-state index in [0.717, 1.165) is 28.4 Å². The quantitative estimate of drug-likeness (QED) is 0.713. The molecule has 0 bridgehead atoms. The molecule has 1 amide bonds. The largest absolute Gasteiger partial charge is 0.378 e. The minimum absolute atomic E-state index is 0.0531. The second-order valence-corrected chi connectivity index (χ2v) is 7.32. The van der Waals surface area contributed by atoms with Crippen LogP contribution in [0.5, 0.6) is 0 Å². The predicted octanol–water partition coefficient (Wildman–Crippen LogP) is 4.16. The number of aryl methyl sites for hydroxylation is 1. The summed E-state index contributed by atoms with van der Waals surface area (Å²) in [6.07, 6.45) is 0.724. The Balaban J connectivity index is 1.56. The molecule has 0 aliphatic carbocycles. The summed E-state index contributed by atoms with van der Waals surface area (Å²) in [7, 11) is 3.93. The highest BCUT2D eigenvalue weighted by molar-refractivity contribution is 7.13. The third kappa shape index (κ3) is 4.49. The van der Waals surface area contributed by atoms with Crippen molar-refractivity contribution in [2.75, 3.05) is 25.5 Å². The van der Waals surface area contributed by atoms with Crippen LogP contribution in [-0.4, -0.2) is 31.5 Å². The molecule has 0 radical (unpaired) electrons. The summed E-state index contributed by atoms with van der Waals surface area (Å²) in [6.45, 7) is 2.65. The van der Waals surface area contributed by atoms with Crippen molar-refractivity contribution in [3.63, 3.8) is 0 Å². The molecule has 5 heteroatoms. The first-order chi connectivity index (χ1) is 12.5. The molecule has 3 rings (SSSR count). The van der Waals surface area contributed by atoms with Crippen molar-refractivity contribution in [3.8, 4) is 10.6 Å². The molecule has 134 valence electrons. The normalized spacial score (nSPS) is 10.6. The van der Waals surface area contributed by atoms with Gasteiger partial charge in [0, 0.05) is 49.3 Å². The smallest absolute Gasteiger partial charge is 0.251 e. The number of aromatic nitrogens is 1. The Kier molecular flexibility index (Phi) is 5.68. The zero-order valence-electron chi connectivity index (χ0n) is 15.3. The lowest BCUT2D eigenvalue weighted by Crippen LogP contribution is -2.26. The van der Waals surface area contributed by atoms with Gasteiger partial charge in [0.2, 0.25) is 0 Å². The Morgan fingerprint density at radius 3 is 2.65 bits per heavy atom. The minimum atomic E-state index is -0.0531. The number of rotatable bonds is 6. The number of carbonyl (C=O) groups excluding carboxylic acids is 1. The molecule has 0 saturated heterocycles. The maximum atomic E-state index is 12.3. The van der Waals surface area contributed by atoms with E-state index in [0.29, 0.717) is 12.1 Å². The van der Waals surface area contributed by atoms with E-state index in [9.17, 15) is 4.79 Å². The van der Waals surface area contributed by atoms with Crippen LogP contribution in [0.25, 0.3) is 10.6 Å². The lowest BCUT2D eigenvalue weighted by atomic mass is 10.1. The van der Waals surface area contributed by atoms with Gasteiger partial charge >= 0.3 is 0 Å². The summed E-state index contributed by atoms with van der Waals surface area (Å²) in [5, 5.41) is 6.06. The summed E-state index contributed by atoms with van der Waals surface area (Å²) in [5.41, 5.74) is 5.07. The zero-order chi connectivity index (χ0) is 18.5. The lowest BCUT2D eigenvalue weighted by molar-refractivity contribution is 0.0954. The molecule has 0 aliphatic rings. The number of hydrogen-bond donors (Lipinski definition) is 1. The SMILES string of the molecule is Cc1ccc(-c2nc(CCNC(=O)c3cccc(N(C)C)c3)cs2)cc1. The van der Waals surface area contributed by atoms with Crippen molar-refractivity contribution in [3.05, 3.63) is 70.7 Å². The molecular weight excluding hydrogens is 342 g/mol. The van der Waals surface area contributed by atoms with Crippen LogP contribution in [0, 0.1) is 6.92 Å². The minimum Gasteiger partial charge on any atom is -0.378 e. The number of amides is 1. The molecule has 26 heavy (non-hydrogen) atoms. The van der Waals surface area contributed by atoms with E-state index in [-0.39, 0.29) is 5.91 Å². The Morgan fingerprint density at radius 2 is 1.92 bits per heavy atom. The van der Waals surface area contributed by atoms with Crippen molar-refractivity contribution < 1.29 is 4.79 Å². The van der Waals surface area contributed by atoms with E-state index in [2.05, 4.69) is 46.9 Å². The fourth-order valence-electron chi connectivity index (χ4n) is 2.58. The highest BCUT2D eigenvalue weighted by atomic mass is 32.1. The number of hydrogen-bond acceptors (Lipinski definition) is 4. The fraction of sp³-hybridized carbons (Fsp3) is 0.238. The second kappa shape index (κ2) is 8.15. The number of nitrogens with one attached hydrogen (secondary N) is 1. The Hall–Kier alpha value is -2.66. The van der Waals surface area contributed by atoms with Crippen LogP contribution in [0.4, 0.5) is 5.69 Å². The van der Waals surface area contributed by atoms with Gasteiger partial charge in [-0.2, -0.15) is 0 Å². The van der Waals surface area contributed by atoms with Crippen molar-refractivity contribution >= 4 is 22.9 Å². The van der Waals surface area contributed by atoms with E-state index in [4.69, 9.17) is 0 Å². The summed E-state index contributed by atoms with van der Waals surface area (Å²) in [6, 6.07) is 16.0. The Labute approximate surface area is 158 Å². The first kappa shape index (κ1) is 18.1. The van der Waals surface area contributed by atoms with Gasteiger partial charge in [0.25, 0.3) is 5.91 Å². The molecule has 0 unspecified atom stereocenters. The van der Waals surface area contributed by atoms with E-state index in [1.807, 2.05) is 43.3 Å². The van der Waals surface area contributed by atoms with Crippen LogP contribution >= 0.6 is 11.3 Å². The molecule has 0 atom stereocenters. The predicted molar refractivity (Wildman–Crippen MR) is 109 cm³/mol. The van der Waals surface area contributed by atoms with Crippen molar-refractivity contribution in [1.29, 1.82) is 0 Å². The van der Waals surface area contributed by atoms with Crippen LogP contribution in [0.3, 0.4) is 0 Å². The first-order valence-corrected chi connectivity index (χ1v) is 9.48. The number of anilines is 1. The Bertz CT molecular complexity index is 884. The average Bonchev–Trinajstić information content (AvgIpc) is 3.11. The molecule has 1 aromatic heterocycles. The number of nitrogens with zero attached hydrogens (tertiary/aromatic N) is 2. The van der Waals surface area contributed by atoms with Crippen molar-refractivity contribution in [2.45, 2.75) is 13.3 Å². The monoisotopic (exact) mass is 365 g/mol. The van der Waals surface area contributed by atoms with Crippen LogP contribution < -0.4 is 10.2 Å². The maximum Gasteiger partial charge on any atom is 0.251 e. The first-order valence-electron chi connectivity index (χ1n) is 8.60. The maximum absolute atomic E-state index is 12.3. The van der Waals surface area contributed by atoms with Gasteiger partial charge in [0.1, 0.15) is 5.01 Å². The molecule has 0 saturated carbocycles. The van der Waals surface area contributed by atoms with E-state index < -0.39 is 0 Å². The number of carbonyl (C=O) groups is 1. The van der Waals surface area contributed by atoms with Gasteiger partial charge in [0.15, 0.2) is 0 Å². The fourth-order valence-corrected chi connectivity index (χ4v) is 3.44. The molecule has 3 aromatic rings. The molecule has 1 N–H and O–H groups in total. The summed E-state index contributed by atoms with van der Waals surface area (Å²) in [4.78, 5) is 19.0. The van der Waals surface area contributed by atoms with E-state index in [1.165, 1.54) is 5.56 Å².